The van der Waals surface area contributed by atoms with Gasteiger partial charge in [0.25, 0.3) is 0 Å². The largest absolute Gasteiger partial charge is 0.326 e. The van der Waals surface area contributed by atoms with Crippen LogP contribution in [-0.2, 0) is 5.41 Å². The van der Waals surface area contributed by atoms with Crippen LogP contribution < -0.4 is 15.3 Å². The molecule has 2 unspecified atom stereocenters. The molecule has 156 valence electrons. The Morgan fingerprint density at radius 3 is 2.72 bits per heavy atom. The summed E-state index contributed by atoms with van der Waals surface area (Å²) in [4.78, 5) is 6.86. The Bertz CT molecular complexity index is 1430. The summed E-state index contributed by atoms with van der Waals surface area (Å²) in [7, 11) is 0. The first kappa shape index (κ1) is 19.1. The third-order valence-corrected chi connectivity index (χ3v) is 7.35. The number of allylic oxidation sites excluding steroid dienone is 1. The number of hydrogen-bond acceptors (Lipinski definition) is 2. The predicted octanol–water partition coefficient (Wildman–Crippen LogP) is 4.84. The second-order valence-electron chi connectivity index (χ2n) is 9.43. The van der Waals surface area contributed by atoms with Gasteiger partial charge in [-0.25, -0.2) is 0 Å². The monoisotopic (exact) mass is 414 g/mol. The summed E-state index contributed by atoms with van der Waals surface area (Å²) in [6, 6.07) is 20.0. The number of benzene rings is 2. The van der Waals surface area contributed by atoms with Crippen molar-refractivity contribution < 1.29 is 0 Å². The van der Waals surface area contributed by atoms with Crippen molar-refractivity contribution in [1.29, 1.82) is 0 Å². The van der Waals surface area contributed by atoms with E-state index < -0.39 is 0 Å². The molecular weight excluding hydrogens is 388 g/mol. The summed E-state index contributed by atoms with van der Waals surface area (Å²) in [6.45, 7) is 4.72. The Balaban J connectivity index is 1.64. The quantitative estimate of drug-likeness (QED) is 0.558. The first-order chi connectivity index (χ1) is 15.7. The van der Waals surface area contributed by atoms with Crippen LogP contribution in [0, 0.1) is 17.8 Å². The molecule has 0 radical (unpaired) electrons. The van der Waals surface area contributed by atoms with E-state index in [-0.39, 0.29) is 11.5 Å². The van der Waals surface area contributed by atoms with Gasteiger partial charge >= 0.3 is 0 Å². The summed E-state index contributed by atoms with van der Waals surface area (Å²) in [5.74, 6) is 7.18. The van der Waals surface area contributed by atoms with E-state index in [1.54, 1.807) is 0 Å². The molecule has 0 fully saturated rings. The molecule has 1 aromatic heterocycles. The summed E-state index contributed by atoms with van der Waals surface area (Å²) in [6.07, 6.45) is 12.6. The fraction of sp³-hybridized carbons (Fsp3) is 0.233. The third-order valence-electron chi connectivity index (χ3n) is 7.35. The van der Waals surface area contributed by atoms with E-state index in [1.165, 1.54) is 38.5 Å². The number of hydrogen-bond donors (Lipinski definition) is 0. The fourth-order valence-electron chi connectivity index (χ4n) is 5.75. The van der Waals surface area contributed by atoms with Crippen LogP contribution in [0.5, 0.6) is 0 Å². The first-order valence-electron chi connectivity index (χ1n) is 11.5. The molecule has 3 aliphatic rings. The summed E-state index contributed by atoms with van der Waals surface area (Å²) >= 11 is 0. The molecule has 2 atom stereocenters. The van der Waals surface area contributed by atoms with Crippen molar-refractivity contribution in [3.63, 3.8) is 0 Å². The molecule has 0 N–H and O–H groups in total. The van der Waals surface area contributed by atoms with E-state index in [4.69, 9.17) is 0 Å². The molecule has 2 nitrogen and oxygen atoms in total. The van der Waals surface area contributed by atoms with Crippen LogP contribution in [0.15, 0.2) is 79.1 Å². The van der Waals surface area contributed by atoms with Crippen molar-refractivity contribution in [2.75, 3.05) is 4.90 Å². The molecule has 2 aromatic carbocycles. The zero-order chi connectivity index (χ0) is 21.7. The topological polar surface area (TPSA) is 16.1 Å². The van der Waals surface area contributed by atoms with E-state index >= 15 is 0 Å². The van der Waals surface area contributed by atoms with Gasteiger partial charge in [0.05, 0.1) is 0 Å². The van der Waals surface area contributed by atoms with Crippen LogP contribution >= 0.6 is 0 Å². The number of aromatic nitrogens is 1. The van der Waals surface area contributed by atoms with Crippen LogP contribution in [-0.4, -0.2) is 11.0 Å². The van der Waals surface area contributed by atoms with Gasteiger partial charge < -0.3 is 4.90 Å². The number of fused-ring (bicyclic) bond motifs is 3. The number of nitrogens with zero attached hydrogens (tertiary/aromatic N) is 2. The SMILES string of the molecule is CC1(C)c2ccccc2N(c2ccccc2C2=c3ccncc3=CCC2)C2C#CC=CC21. The number of para-hydroxylation sites is 2. The minimum Gasteiger partial charge on any atom is -0.326 e. The van der Waals surface area contributed by atoms with Crippen molar-refractivity contribution in [2.24, 2.45) is 5.92 Å². The second-order valence-corrected chi connectivity index (χ2v) is 9.43. The van der Waals surface area contributed by atoms with Gasteiger partial charge in [-0.2, -0.15) is 0 Å². The molecular formula is C30H26N2. The summed E-state index contributed by atoms with van der Waals surface area (Å²) in [5.41, 5.74) is 6.62. The van der Waals surface area contributed by atoms with Crippen molar-refractivity contribution in [3.8, 4) is 11.8 Å². The standard InChI is InChI=1S/C30H26N2/c1-30(2)25-13-4-7-16-28(25)32(29-17-8-5-14-26(29)30)27-15-6-3-11-24(27)23-12-9-10-21-20-31-19-18-22(21)23/h3-7,10-11,13-16,18-20,26,29H,9,12H2,1-2H3. The predicted molar refractivity (Wildman–Crippen MR) is 132 cm³/mol. The van der Waals surface area contributed by atoms with Gasteiger partial charge in [-0.15, -0.1) is 0 Å². The molecule has 0 bridgehead atoms. The van der Waals surface area contributed by atoms with Crippen molar-refractivity contribution >= 4 is 23.0 Å². The highest BCUT2D eigenvalue weighted by atomic mass is 15.2. The van der Waals surface area contributed by atoms with Gasteiger partial charge in [-0.1, -0.05) is 74.2 Å². The molecule has 2 heteroatoms. The Morgan fingerprint density at radius 2 is 1.81 bits per heavy atom. The van der Waals surface area contributed by atoms with Crippen LogP contribution in [0.4, 0.5) is 11.4 Å². The Hall–Kier alpha value is -3.57. The van der Waals surface area contributed by atoms with Gasteiger partial charge in [0, 0.05) is 40.7 Å². The molecule has 1 aliphatic heterocycles. The molecule has 3 aromatic rings. The Morgan fingerprint density at radius 1 is 1.00 bits per heavy atom. The van der Waals surface area contributed by atoms with E-state index in [9.17, 15) is 0 Å². The third kappa shape index (κ3) is 2.78. The second kappa shape index (κ2) is 7.24. The van der Waals surface area contributed by atoms with Crippen molar-refractivity contribution in [3.05, 3.63) is 101 Å². The highest BCUT2D eigenvalue weighted by Crippen LogP contribution is 2.50. The van der Waals surface area contributed by atoms with Gasteiger partial charge in [-0.3, -0.25) is 4.98 Å². The molecule has 0 spiro atoms. The van der Waals surface area contributed by atoms with Crippen LogP contribution in [0.2, 0.25) is 0 Å². The lowest BCUT2D eigenvalue weighted by Gasteiger charge is -2.50. The Kier molecular flexibility index (Phi) is 4.33. The molecule has 2 heterocycles. The molecule has 0 amide bonds. The maximum atomic E-state index is 4.36. The van der Waals surface area contributed by atoms with Crippen LogP contribution in [0.25, 0.3) is 11.6 Å². The molecule has 2 aliphatic carbocycles. The van der Waals surface area contributed by atoms with Crippen LogP contribution in [0.3, 0.4) is 0 Å². The van der Waals surface area contributed by atoms with Crippen molar-refractivity contribution in [1.82, 2.24) is 4.98 Å². The lowest BCUT2D eigenvalue weighted by Crippen LogP contribution is -2.50. The first-order valence-corrected chi connectivity index (χ1v) is 11.5. The molecule has 32 heavy (non-hydrogen) atoms. The van der Waals surface area contributed by atoms with Crippen LogP contribution in [0.1, 0.15) is 37.8 Å². The number of rotatable bonds is 2. The van der Waals surface area contributed by atoms with Gasteiger partial charge in [0.2, 0.25) is 0 Å². The highest BCUT2D eigenvalue weighted by molar-refractivity contribution is 5.84. The van der Waals surface area contributed by atoms with E-state index in [1.807, 2.05) is 18.5 Å². The van der Waals surface area contributed by atoms with Gasteiger partial charge in [0.15, 0.2) is 0 Å². The average molecular weight is 415 g/mol. The summed E-state index contributed by atoms with van der Waals surface area (Å²) < 4.78 is 0. The normalized spacial score (nSPS) is 22.1. The highest BCUT2D eigenvalue weighted by Gasteiger charge is 2.45. The molecule has 0 saturated carbocycles. The van der Waals surface area contributed by atoms with Crippen molar-refractivity contribution in [2.45, 2.75) is 38.1 Å². The smallest absolute Gasteiger partial charge is 0.103 e. The molecule has 6 rings (SSSR count). The maximum Gasteiger partial charge on any atom is 0.103 e. The minimum atomic E-state index is 0.0174. The van der Waals surface area contributed by atoms with Gasteiger partial charge in [0.1, 0.15) is 6.04 Å². The zero-order valence-corrected chi connectivity index (χ0v) is 18.5. The summed E-state index contributed by atoms with van der Waals surface area (Å²) in [5, 5.41) is 2.54. The maximum absolute atomic E-state index is 4.36. The van der Waals surface area contributed by atoms with E-state index in [0.717, 1.165) is 12.8 Å². The minimum absolute atomic E-state index is 0.0174. The zero-order valence-electron chi connectivity index (χ0n) is 18.5. The molecule has 0 saturated heterocycles. The van der Waals surface area contributed by atoms with E-state index in [2.05, 4.69) is 102 Å². The lowest BCUT2D eigenvalue weighted by atomic mass is 9.65. The lowest BCUT2D eigenvalue weighted by molar-refractivity contribution is 0.338. The fourth-order valence-corrected chi connectivity index (χ4v) is 5.75. The Labute approximate surface area is 189 Å². The van der Waals surface area contributed by atoms with E-state index in [0.29, 0.717) is 5.92 Å². The average Bonchev–Trinajstić information content (AvgIpc) is 2.84. The van der Waals surface area contributed by atoms with Gasteiger partial charge in [-0.05, 0) is 58.7 Å². The number of pyridine rings is 1. The number of anilines is 2.